The van der Waals surface area contributed by atoms with Gasteiger partial charge in [0.1, 0.15) is 5.70 Å². The maximum atomic E-state index is 13.7. The Labute approximate surface area is 198 Å². The van der Waals surface area contributed by atoms with Gasteiger partial charge in [0.15, 0.2) is 0 Å². The van der Waals surface area contributed by atoms with Gasteiger partial charge < -0.3 is 14.7 Å². The summed E-state index contributed by atoms with van der Waals surface area (Å²) in [5.41, 5.74) is 2.27. The summed E-state index contributed by atoms with van der Waals surface area (Å²) in [6, 6.07) is 11.7. The summed E-state index contributed by atoms with van der Waals surface area (Å²) in [4.78, 5) is 35.2. The number of likely N-dealkylation sites (N-methyl/N-ethyl adjacent to an activating group) is 1. The zero-order chi connectivity index (χ0) is 24.1. The first-order valence-corrected chi connectivity index (χ1v) is 11.2. The fraction of sp³-hybridized carbons (Fsp3) is 0.333. The third-order valence-corrected chi connectivity index (χ3v) is 5.78. The van der Waals surface area contributed by atoms with Gasteiger partial charge in [0, 0.05) is 60.7 Å². The van der Waals surface area contributed by atoms with Gasteiger partial charge >= 0.3 is 0 Å². The van der Waals surface area contributed by atoms with Crippen LogP contribution in [0, 0.1) is 10.1 Å². The Hall–Kier alpha value is -3.23. The number of carbonyl (C=O) groups excluding carboxylic acids is 1. The van der Waals surface area contributed by atoms with Gasteiger partial charge in [-0.3, -0.25) is 14.9 Å². The Morgan fingerprint density at radius 2 is 1.82 bits per heavy atom. The number of nitro groups is 1. The molecule has 0 aromatic heterocycles. The first-order chi connectivity index (χ1) is 15.8. The summed E-state index contributed by atoms with van der Waals surface area (Å²) in [7, 11) is 3.86. The molecular weight excluding hydrogens is 442 g/mol. The lowest BCUT2D eigenvalue weighted by Crippen LogP contribution is -2.37. The fourth-order valence-corrected chi connectivity index (χ4v) is 3.81. The van der Waals surface area contributed by atoms with Gasteiger partial charge in [-0.15, -0.1) is 0 Å². The van der Waals surface area contributed by atoms with Crippen molar-refractivity contribution in [3.8, 4) is 0 Å². The quantitative estimate of drug-likeness (QED) is 0.329. The van der Waals surface area contributed by atoms with Gasteiger partial charge in [-0.25, -0.2) is 4.99 Å². The van der Waals surface area contributed by atoms with Crippen LogP contribution in [-0.4, -0.2) is 66.6 Å². The Morgan fingerprint density at radius 1 is 1.12 bits per heavy atom. The SMILES string of the molecule is CCN(C=C1N=C(c2ccccc2Cl)c2cc([N+](=O)[O-])ccc2N(CCN(C)C)C1=O)CC. The van der Waals surface area contributed by atoms with Crippen LogP contribution in [0.25, 0.3) is 0 Å². The van der Waals surface area contributed by atoms with E-state index >= 15 is 0 Å². The van der Waals surface area contributed by atoms with Crippen LogP contribution in [0.5, 0.6) is 0 Å². The number of benzodiazepines with no additional fused rings is 1. The van der Waals surface area contributed by atoms with Crippen LogP contribution in [0.4, 0.5) is 11.4 Å². The molecule has 8 nitrogen and oxygen atoms in total. The molecular formula is C24H28ClN5O3. The Balaban J connectivity index is 2.33. The summed E-state index contributed by atoms with van der Waals surface area (Å²) in [5.74, 6) is -0.263. The molecule has 0 bridgehead atoms. The van der Waals surface area contributed by atoms with E-state index in [0.717, 1.165) is 0 Å². The number of nitro benzene ring substituents is 1. The van der Waals surface area contributed by atoms with Gasteiger partial charge in [0.05, 0.1) is 16.3 Å². The van der Waals surface area contributed by atoms with Crippen molar-refractivity contribution in [2.75, 3.05) is 45.2 Å². The Morgan fingerprint density at radius 3 is 2.42 bits per heavy atom. The third-order valence-electron chi connectivity index (χ3n) is 5.45. The van der Waals surface area contributed by atoms with Crippen molar-refractivity contribution in [3.05, 3.63) is 80.6 Å². The van der Waals surface area contributed by atoms with E-state index in [1.54, 1.807) is 35.4 Å². The molecule has 0 radical (unpaired) electrons. The maximum Gasteiger partial charge on any atom is 0.278 e. The summed E-state index contributed by atoms with van der Waals surface area (Å²) in [6.07, 6.45) is 1.75. The highest BCUT2D eigenvalue weighted by Gasteiger charge is 2.31. The van der Waals surface area contributed by atoms with E-state index in [4.69, 9.17) is 16.6 Å². The van der Waals surface area contributed by atoms with Gasteiger partial charge in [0.25, 0.3) is 11.6 Å². The smallest absolute Gasteiger partial charge is 0.278 e. The highest BCUT2D eigenvalue weighted by Crippen LogP contribution is 2.34. The topological polar surface area (TPSA) is 82.3 Å². The predicted octanol–water partition coefficient (Wildman–Crippen LogP) is 4.18. The van der Waals surface area contributed by atoms with Crippen molar-refractivity contribution in [1.29, 1.82) is 0 Å². The normalized spacial score (nSPS) is 14.8. The van der Waals surface area contributed by atoms with Crippen LogP contribution >= 0.6 is 11.6 Å². The molecule has 0 N–H and O–H groups in total. The van der Waals surface area contributed by atoms with Gasteiger partial charge in [-0.05, 0) is 40.1 Å². The minimum absolute atomic E-state index is 0.0790. The van der Waals surface area contributed by atoms with E-state index in [-0.39, 0.29) is 17.3 Å². The van der Waals surface area contributed by atoms with Crippen LogP contribution in [-0.2, 0) is 4.79 Å². The van der Waals surface area contributed by atoms with Crippen LogP contribution in [0.2, 0.25) is 5.02 Å². The number of fused-ring (bicyclic) bond motifs is 1. The number of carbonyl (C=O) groups is 1. The van der Waals surface area contributed by atoms with E-state index < -0.39 is 4.92 Å². The van der Waals surface area contributed by atoms with Crippen molar-refractivity contribution in [1.82, 2.24) is 9.80 Å². The average Bonchev–Trinajstić information content (AvgIpc) is 2.90. The van der Waals surface area contributed by atoms with Crippen LogP contribution in [0.3, 0.4) is 0 Å². The molecule has 9 heteroatoms. The summed E-state index contributed by atoms with van der Waals surface area (Å²) < 4.78 is 0. The van der Waals surface area contributed by atoms with Crippen LogP contribution in [0.1, 0.15) is 25.0 Å². The van der Waals surface area contributed by atoms with E-state index in [0.29, 0.717) is 53.7 Å². The second-order valence-corrected chi connectivity index (χ2v) is 8.30. The van der Waals surface area contributed by atoms with Gasteiger partial charge in [-0.2, -0.15) is 0 Å². The summed E-state index contributed by atoms with van der Waals surface area (Å²) in [5, 5.41) is 12.0. The third kappa shape index (κ3) is 5.40. The van der Waals surface area contributed by atoms with E-state index in [1.807, 2.05) is 43.8 Å². The van der Waals surface area contributed by atoms with Crippen molar-refractivity contribution < 1.29 is 9.72 Å². The molecule has 0 saturated heterocycles. The molecule has 33 heavy (non-hydrogen) atoms. The summed E-state index contributed by atoms with van der Waals surface area (Å²) in [6.45, 7) is 6.44. The average molecular weight is 470 g/mol. The number of halogens is 1. The Kier molecular flexibility index (Phi) is 7.84. The number of rotatable bonds is 8. The number of aliphatic imine (C=N–C) groups is 1. The highest BCUT2D eigenvalue weighted by atomic mass is 35.5. The molecule has 2 aromatic rings. The molecule has 1 aliphatic rings. The molecule has 3 rings (SSSR count). The maximum absolute atomic E-state index is 13.7. The molecule has 0 saturated carbocycles. The lowest BCUT2D eigenvalue weighted by Gasteiger charge is -2.25. The Bertz CT molecular complexity index is 1110. The minimum atomic E-state index is -0.450. The van der Waals surface area contributed by atoms with Crippen LogP contribution < -0.4 is 4.90 Å². The highest BCUT2D eigenvalue weighted by molar-refractivity contribution is 6.36. The molecule has 0 aliphatic carbocycles. The molecule has 0 atom stereocenters. The van der Waals surface area contributed by atoms with Crippen molar-refractivity contribution in [2.45, 2.75) is 13.8 Å². The van der Waals surface area contributed by atoms with Crippen molar-refractivity contribution in [2.24, 2.45) is 4.99 Å². The van der Waals surface area contributed by atoms with Crippen LogP contribution in [0.15, 0.2) is 59.4 Å². The van der Waals surface area contributed by atoms with Crippen molar-refractivity contribution in [3.63, 3.8) is 0 Å². The molecule has 0 spiro atoms. The number of anilines is 1. The van der Waals surface area contributed by atoms with Gasteiger partial charge in [0.2, 0.25) is 0 Å². The number of non-ortho nitro benzene ring substituents is 1. The zero-order valence-corrected chi connectivity index (χ0v) is 20.0. The molecule has 1 amide bonds. The van der Waals surface area contributed by atoms with E-state index in [9.17, 15) is 14.9 Å². The fourth-order valence-electron chi connectivity index (χ4n) is 3.58. The number of amides is 1. The first-order valence-electron chi connectivity index (χ1n) is 10.8. The van der Waals surface area contributed by atoms with Crippen molar-refractivity contribution >= 4 is 34.6 Å². The number of nitrogens with zero attached hydrogens (tertiary/aromatic N) is 5. The zero-order valence-electron chi connectivity index (χ0n) is 19.3. The number of benzene rings is 2. The van der Waals surface area contributed by atoms with E-state index in [1.165, 1.54) is 12.1 Å². The predicted molar refractivity (Wildman–Crippen MR) is 132 cm³/mol. The molecule has 1 aliphatic heterocycles. The standard InChI is InChI=1S/C24H28ClN5O3/c1-5-28(6-2)16-21-24(31)29(14-13-27(3)4)22-12-11-17(30(32)33)15-19(22)23(26-21)18-9-7-8-10-20(18)25/h7-12,15-16H,5-6,13-14H2,1-4H3. The second kappa shape index (κ2) is 10.6. The molecule has 2 aromatic carbocycles. The lowest BCUT2D eigenvalue weighted by atomic mass is 9.99. The molecule has 1 heterocycles. The lowest BCUT2D eigenvalue weighted by molar-refractivity contribution is -0.384. The first kappa shape index (κ1) is 24.4. The monoisotopic (exact) mass is 469 g/mol. The number of hydrogen-bond acceptors (Lipinski definition) is 6. The minimum Gasteiger partial charge on any atom is -0.376 e. The largest absolute Gasteiger partial charge is 0.376 e. The number of hydrogen-bond donors (Lipinski definition) is 0. The molecule has 0 unspecified atom stereocenters. The molecule has 174 valence electrons. The van der Waals surface area contributed by atoms with Gasteiger partial charge in [-0.1, -0.05) is 29.8 Å². The molecule has 0 fully saturated rings. The summed E-state index contributed by atoms with van der Waals surface area (Å²) >= 11 is 6.51. The van der Waals surface area contributed by atoms with E-state index in [2.05, 4.69) is 0 Å². The second-order valence-electron chi connectivity index (χ2n) is 7.89.